The zero-order valence-corrected chi connectivity index (χ0v) is 52.8. The third-order valence-electron chi connectivity index (χ3n) is 15.0. The number of carbonyl (C=O) groups excluding carboxylic acids is 8. The molecule has 1 aromatic carbocycles. The molecular formula is C60H104N8O15. The molecule has 0 saturated carbocycles. The van der Waals surface area contributed by atoms with Crippen LogP contribution in [0.3, 0.4) is 0 Å². The van der Waals surface area contributed by atoms with Gasteiger partial charge in [0.25, 0.3) is 0 Å². The number of carbonyl (C=O) groups is 8. The number of aliphatic hydroxyl groups excluding tert-OH is 1. The van der Waals surface area contributed by atoms with E-state index in [0.717, 1.165) is 5.56 Å². The standard InChI is InChI=1S/C60H104N8O15/c1-18-39(8)52(67(15)57(75)51(38(6)7)66-56(74)50(61-14)37(4)5)45(78-16)33-48(71)68-30-22-26-44(68)53(79-17)40(9)54(72)65-43(32-42-24-20-19-21-25-42)55(73)62-28-23-31-80-58(76)41(10)64-47(70)27-29-63-59(77)81-35-49(83-60(11,12)13)82-46(34-69)36(2)3/h19-21,24-25,36-41,43-46,49-53,61,69H,18,22-23,26-35H2,1-17H3,(H,62,73)(H,63,77)(H,64,70)(H,65,72)(H,66,74)/t39-,40+,41-,43-,44-,45+,46?,49?,50?,51?,52?,53+/m0/s1. The number of benzene rings is 1. The molecule has 1 saturated heterocycles. The molecule has 0 spiro atoms. The first-order chi connectivity index (χ1) is 39.0. The first-order valence-corrected chi connectivity index (χ1v) is 29.6. The Bertz CT molecular complexity index is 2160. The monoisotopic (exact) mass is 1180 g/mol. The van der Waals surface area contributed by atoms with Gasteiger partial charge in [-0.1, -0.05) is 99.1 Å². The van der Waals surface area contributed by atoms with Crippen molar-refractivity contribution >= 4 is 47.5 Å². The fraction of sp³-hybridized carbons (Fsp3) is 0.767. The second-order valence-electron chi connectivity index (χ2n) is 23.7. The Morgan fingerprint density at radius 1 is 0.783 bits per heavy atom. The van der Waals surface area contributed by atoms with Crippen LogP contribution < -0.4 is 31.9 Å². The first-order valence-electron chi connectivity index (χ1n) is 29.6. The van der Waals surface area contributed by atoms with Gasteiger partial charge in [-0.3, -0.25) is 28.8 Å². The molecule has 1 heterocycles. The maximum Gasteiger partial charge on any atom is 0.407 e. The van der Waals surface area contributed by atoms with Gasteiger partial charge in [0.05, 0.1) is 67.6 Å². The van der Waals surface area contributed by atoms with Crippen LogP contribution in [0.4, 0.5) is 4.79 Å². The summed E-state index contributed by atoms with van der Waals surface area (Å²) < 4.78 is 34.4. The minimum absolute atomic E-state index is 0.0112. The molecule has 7 N–H and O–H groups in total. The van der Waals surface area contributed by atoms with Gasteiger partial charge in [0.1, 0.15) is 24.7 Å². The predicted molar refractivity (Wildman–Crippen MR) is 314 cm³/mol. The van der Waals surface area contributed by atoms with Crippen LogP contribution >= 0.6 is 0 Å². The maximum atomic E-state index is 14.5. The number of alkyl carbamates (subject to hydrolysis) is 1. The zero-order chi connectivity index (χ0) is 62.7. The molecule has 7 amide bonds. The topological polar surface area (TPSA) is 291 Å². The lowest BCUT2D eigenvalue weighted by atomic mass is 9.89. The van der Waals surface area contributed by atoms with E-state index >= 15 is 0 Å². The Kier molecular flexibility index (Phi) is 32.9. The van der Waals surface area contributed by atoms with Crippen molar-refractivity contribution in [3.8, 4) is 0 Å². The van der Waals surface area contributed by atoms with E-state index in [1.165, 1.54) is 21.1 Å². The minimum atomic E-state index is -1.02. The van der Waals surface area contributed by atoms with E-state index in [1.54, 1.807) is 30.8 Å². The summed E-state index contributed by atoms with van der Waals surface area (Å²) in [5.74, 6) is -4.11. The van der Waals surface area contributed by atoms with E-state index in [4.69, 9.17) is 28.4 Å². The number of hydrogen-bond donors (Lipinski definition) is 7. The lowest BCUT2D eigenvalue weighted by molar-refractivity contribution is -0.239. The van der Waals surface area contributed by atoms with Crippen molar-refractivity contribution in [2.24, 2.45) is 29.6 Å². The van der Waals surface area contributed by atoms with Crippen LogP contribution in [0.1, 0.15) is 134 Å². The molecule has 0 radical (unpaired) electrons. The van der Waals surface area contributed by atoms with Crippen LogP contribution in [-0.2, 0) is 68.4 Å². The molecular weight excluding hydrogens is 1070 g/mol. The van der Waals surface area contributed by atoms with Gasteiger partial charge < -0.3 is 75.2 Å². The third kappa shape index (κ3) is 25.0. The Balaban J connectivity index is 2.05. The van der Waals surface area contributed by atoms with Crippen molar-refractivity contribution in [3.63, 3.8) is 0 Å². The average molecular weight is 1180 g/mol. The molecule has 474 valence electrons. The number of ether oxygens (including phenoxy) is 6. The van der Waals surface area contributed by atoms with Crippen LogP contribution in [0.15, 0.2) is 30.3 Å². The molecule has 5 unspecified atom stereocenters. The van der Waals surface area contributed by atoms with Crippen molar-refractivity contribution in [2.45, 2.75) is 201 Å². The van der Waals surface area contributed by atoms with E-state index in [2.05, 4.69) is 31.9 Å². The summed E-state index contributed by atoms with van der Waals surface area (Å²) in [6.07, 6.45) is -1.70. The molecule has 23 nitrogen and oxygen atoms in total. The number of likely N-dealkylation sites (tertiary alicyclic amines) is 1. The van der Waals surface area contributed by atoms with Crippen LogP contribution in [0.2, 0.25) is 0 Å². The Hall–Kier alpha value is -5.46. The molecule has 83 heavy (non-hydrogen) atoms. The Labute approximate surface area is 494 Å². The number of nitrogens with zero attached hydrogens (tertiary/aromatic N) is 2. The van der Waals surface area contributed by atoms with Gasteiger partial charge in [0, 0.05) is 53.7 Å². The summed E-state index contributed by atoms with van der Waals surface area (Å²) in [6.45, 7) is 23.8. The minimum Gasteiger partial charge on any atom is -0.464 e. The van der Waals surface area contributed by atoms with Crippen LogP contribution in [0.25, 0.3) is 0 Å². The number of nitrogens with one attached hydrogen (secondary N) is 6. The number of likely N-dealkylation sites (N-methyl/N-ethyl adjacent to an activating group) is 2. The van der Waals surface area contributed by atoms with Crippen molar-refractivity contribution in [1.29, 1.82) is 0 Å². The van der Waals surface area contributed by atoms with Gasteiger partial charge in [-0.15, -0.1) is 0 Å². The highest BCUT2D eigenvalue weighted by Gasteiger charge is 2.44. The highest BCUT2D eigenvalue weighted by molar-refractivity contribution is 5.91. The Morgan fingerprint density at radius 3 is 1.99 bits per heavy atom. The molecule has 1 fully saturated rings. The smallest absolute Gasteiger partial charge is 0.407 e. The van der Waals surface area contributed by atoms with E-state index in [-0.39, 0.29) is 100.0 Å². The van der Waals surface area contributed by atoms with Gasteiger partial charge in [-0.25, -0.2) is 9.59 Å². The van der Waals surface area contributed by atoms with Crippen molar-refractivity contribution < 1.29 is 71.9 Å². The number of rotatable bonds is 37. The largest absolute Gasteiger partial charge is 0.464 e. The highest BCUT2D eigenvalue weighted by atomic mass is 16.7. The van der Waals surface area contributed by atoms with Gasteiger partial charge in [-0.2, -0.15) is 0 Å². The van der Waals surface area contributed by atoms with Gasteiger partial charge in [0.15, 0.2) is 6.29 Å². The van der Waals surface area contributed by atoms with E-state index in [9.17, 15) is 43.5 Å². The predicted octanol–water partition coefficient (Wildman–Crippen LogP) is 3.86. The molecule has 0 bridgehead atoms. The molecule has 23 heteroatoms. The van der Waals surface area contributed by atoms with Gasteiger partial charge in [0.2, 0.25) is 35.4 Å². The Morgan fingerprint density at radius 2 is 1.43 bits per heavy atom. The van der Waals surface area contributed by atoms with Gasteiger partial charge >= 0.3 is 12.1 Å². The fourth-order valence-electron chi connectivity index (χ4n) is 10.1. The van der Waals surface area contributed by atoms with Gasteiger partial charge in [-0.05, 0) is 83.2 Å². The van der Waals surface area contributed by atoms with Crippen LogP contribution in [-0.4, -0.2) is 197 Å². The summed E-state index contributed by atoms with van der Waals surface area (Å²) in [5, 5.41) is 26.5. The second-order valence-corrected chi connectivity index (χ2v) is 23.7. The lowest BCUT2D eigenvalue weighted by Gasteiger charge is -2.41. The van der Waals surface area contributed by atoms with Crippen LogP contribution in [0.5, 0.6) is 0 Å². The summed E-state index contributed by atoms with van der Waals surface area (Å²) >= 11 is 0. The number of aliphatic hydroxyl groups is 1. The first kappa shape index (κ1) is 73.6. The van der Waals surface area contributed by atoms with E-state index < -0.39 is 102 Å². The molecule has 1 aromatic rings. The van der Waals surface area contributed by atoms with Crippen molar-refractivity contribution in [1.82, 2.24) is 41.7 Å². The molecule has 1 aliphatic heterocycles. The molecule has 0 aromatic heterocycles. The highest BCUT2D eigenvalue weighted by Crippen LogP contribution is 2.30. The number of esters is 1. The summed E-state index contributed by atoms with van der Waals surface area (Å²) in [6, 6.07) is 4.85. The SMILES string of the molecule is CC[C@H](C)C([C@@H](CC(=O)N1CCC[C@H]1[C@H](OC)[C@@H](C)C(=O)N[C@@H](Cc1ccccc1)C(=O)NCCCOC(=O)[C@H](C)NC(=O)CCNC(=O)OCC(OC(CO)C(C)C)OC(C)(C)C)OC)N(C)C(=O)C(NC(=O)C(NC)C(C)C)C(C)C. The molecule has 1 aliphatic rings. The molecule has 12 atom stereocenters. The third-order valence-corrected chi connectivity index (χ3v) is 15.0. The summed E-state index contributed by atoms with van der Waals surface area (Å²) in [5.41, 5.74) is 0.171. The molecule has 2 rings (SSSR count). The number of methoxy groups -OCH3 is 2. The maximum absolute atomic E-state index is 14.5. The second kappa shape index (κ2) is 37.1. The number of hydrogen-bond acceptors (Lipinski definition) is 16. The molecule has 0 aliphatic carbocycles. The van der Waals surface area contributed by atoms with Crippen LogP contribution in [0, 0.1) is 29.6 Å². The van der Waals surface area contributed by atoms with Crippen molar-refractivity contribution in [2.75, 3.05) is 67.8 Å². The number of amides is 7. The quantitative estimate of drug-likeness (QED) is 0.0283. The summed E-state index contributed by atoms with van der Waals surface area (Å²) in [7, 11) is 6.42. The van der Waals surface area contributed by atoms with E-state index in [0.29, 0.717) is 25.8 Å². The van der Waals surface area contributed by atoms with Crippen molar-refractivity contribution in [3.05, 3.63) is 35.9 Å². The average Bonchev–Trinajstić information content (AvgIpc) is 4.10. The zero-order valence-electron chi connectivity index (χ0n) is 52.8. The van der Waals surface area contributed by atoms with E-state index in [1.807, 2.05) is 106 Å². The summed E-state index contributed by atoms with van der Waals surface area (Å²) in [4.78, 5) is 111. The fourth-order valence-corrected chi connectivity index (χ4v) is 10.1. The normalized spacial score (nSPS) is 17.7. The lowest BCUT2D eigenvalue weighted by Crippen LogP contribution is -2.59.